The van der Waals surface area contributed by atoms with Crippen LogP contribution < -0.4 is 0 Å². The fourth-order valence-corrected chi connectivity index (χ4v) is 2.06. The van der Waals surface area contributed by atoms with E-state index >= 15 is 0 Å². The van der Waals surface area contributed by atoms with Crippen LogP contribution in [0.4, 0.5) is 13.2 Å². The lowest BCUT2D eigenvalue weighted by molar-refractivity contribution is -0.167. The first kappa shape index (κ1) is 11.2. The van der Waals surface area contributed by atoms with Crippen LogP contribution >= 0.6 is 0 Å². The molecule has 0 aliphatic heterocycles. The van der Waals surface area contributed by atoms with E-state index in [2.05, 4.69) is 0 Å². The van der Waals surface area contributed by atoms with Gasteiger partial charge in [0, 0.05) is 0 Å². The second kappa shape index (κ2) is 3.63. The topological polar surface area (TPSA) is 20.2 Å². The number of rotatable bonds is 0. The van der Waals surface area contributed by atoms with Crippen molar-refractivity contribution < 1.29 is 18.3 Å². The summed E-state index contributed by atoms with van der Waals surface area (Å²) in [7, 11) is 0. The Morgan fingerprint density at radius 1 is 1.25 bits per heavy atom. The highest BCUT2D eigenvalue weighted by atomic mass is 19.4. The second-order valence-corrected chi connectivity index (χ2v) is 3.95. The van der Waals surface area contributed by atoms with Gasteiger partial charge in [0.05, 0.1) is 6.10 Å². The monoisotopic (exact) mass is 228 g/mol. The third kappa shape index (κ3) is 1.73. The zero-order chi connectivity index (χ0) is 11.9. The largest absolute Gasteiger partial charge is 0.398 e. The maximum Gasteiger partial charge on any atom is 0.398 e. The van der Waals surface area contributed by atoms with Crippen LogP contribution in [0.15, 0.2) is 24.3 Å². The first-order valence-electron chi connectivity index (χ1n) is 4.94. The van der Waals surface area contributed by atoms with Crippen LogP contribution in [-0.2, 0) is 0 Å². The fourth-order valence-electron chi connectivity index (χ4n) is 2.06. The summed E-state index contributed by atoms with van der Waals surface area (Å²) in [5.74, 6) is -1.81. The first-order valence-corrected chi connectivity index (χ1v) is 4.94. The van der Waals surface area contributed by atoms with Crippen molar-refractivity contribution in [1.29, 1.82) is 0 Å². The summed E-state index contributed by atoms with van der Waals surface area (Å²) in [5, 5.41) is 9.44. The minimum absolute atomic E-state index is 0.155. The number of benzene rings is 1. The molecule has 1 N–H and O–H groups in total. The van der Waals surface area contributed by atoms with Crippen molar-refractivity contribution in [3.05, 3.63) is 41.0 Å². The molecule has 0 saturated carbocycles. The lowest BCUT2D eigenvalue weighted by Crippen LogP contribution is -2.33. The van der Waals surface area contributed by atoms with Gasteiger partial charge in [-0.15, -0.1) is 0 Å². The Hall–Kier alpha value is -1.29. The van der Waals surface area contributed by atoms with E-state index in [-0.39, 0.29) is 5.56 Å². The smallest absolute Gasteiger partial charge is 0.388 e. The second-order valence-electron chi connectivity index (χ2n) is 3.95. The number of aliphatic hydroxyl groups is 1. The van der Waals surface area contributed by atoms with E-state index in [0.29, 0.717) is 5.56 Å². The number of hydrogen-bond donors (Lipinski definition) is 1. The average molecular weight is 228 g/mol. The van der Waals surface area contributed by atoms with Gasteiger partial charge in [0.25, 0.3) is 0 Å². The molecule has 0 aromatic heterocycles. The third-order valence-corrected chi connectivity index (χ3v) is 2.85. The molecule has 0 amide bonds. The van der Waals surface area contributed by atoms with Crippen molar-refractivity contribution in [2.75, 3.05) is 0 Å². The van der Waals surface area contributed by atoms with Gasteiger partial charge >= 0.3 is 6.18 Å². The molecule has 16 heavy (non-hydrogen) atoms. The number of alkyl halides is 3. The molecular weight excluding hydrogens is 217 g/mol. The molecule has 0 spiro atoms. The highest BCUT2D eigenvalue weighted by Gasteiger charge is 2.46. The Morgan fingerprint density at radius 2 is 1.94 bits per heavy atom. The van der Waals surface area contributed by atoms with Crippen LogP contribution in [-0.4, -0.2) is 17.4 Å². The molecule has 1 aliphatic carbocycles. The van der Waals surface area contributed by atoms with Crippen LogP contribution in [0.3, 0.4) is 0 Å². The Morgan fingerprint density at radius 3 is 2.56 bits per heavy atom. The lowest BCUT2D eigenvalue weighted by atomic mass is 9.83. The Labute approximate surface area is 91.2 Å². The minimum atomic E-state index is -4.42. The van der Waals surface area contributed by atoms with E-state index in [0.717, 1.165) is 5.56 Å². The maximum absolute atomic E-state index is 12.8. The molecule has 2 atom stereocenters. The summed E-state index contributed by atoms with van der Waals surface area (Å²) in [4.78, 5) is 0. The van der Waals surface area contributed by atoms with Gasteiger partial charge in [0.2, 0.25) is 0 Å². The molecule has 2 rings (SSSR count). The minimum Gasteiger partial charge on any atom is -0.388 e. The van der Waals surface area contributed by atoms with Crippen LogP contribution in [0.1, 0.15) is 22.6 Å². The standard InChI is InChI=1S/C12H11F3O/c1-7-3-2-4-9-8(7)5-6-10(16)11(9)12(13,14)15/h2-6,10-11,16H,1H3. The summed E-state index contributed by atoms with van der Waals surface area (Å²) in [6, 6.07) is 4.76. The summed E-state index contributed by atoms with van der Waals surface area (Å²) in [5.41, 5.74) is 1.51. The van der Waals surface area contributed by atoms with E-state index in [4.69, 9.17) is 0 Å². The molecule has 1 aromatic carbocycles. The molecule has 0 fully saturated rings. The molecule has 4 heteroatoms. The summed E-state index contributed by atoms with van der Waals surface area (Å²) >= 11 is 0. The van der Waals surface area contributed by atoms with Gasteiger partial charge in [0.1, 0.15) is 5.92 Å². The van der Waals surface area contributed by atoms with Gasteiger partial charge in [-0.05, 0) is 23.6 Å². The maximum atomic E-state index is 12.8. The highest BCUT2D eigenvalue weighted by molar-refractivity contribution is 5.62. The first-order chi connectivity index (χ1) is 7.41. The molecule has 1 aliphatic rings. The zero-order valence-corrected chi connectivity index (χ0v) is 8.62. The van der Waals surface area contributed by atoms with E-state index in [1.54, 1.807) is 25.1 Å². The summed E-state index contributed by atoms with van der Waals surface area (Å²) in [6.07, 6.45) is -3.16. The molecule has 2 unspecified atom stereocenters. The van der Waals surface area contributed by atoms with E-state index in [1.807, 2.05) is 0 Å². The summed E-state index contributed by atoms with van der Waals surface area (Å²) < 4.78 is 38.4. The van der Waals surface area contributed by atoms with Crippen molar-refractivity contribution in [3.8, 4) is 0 Å². The van der Waals surface area contributed by atoms with Gasteiger partial charge in [-0.3, -0.25) is 0 Å². The quantitative estimate of drug-likeness (QED) is 0.723. The number of hydrogen-bond acceptors (Lipinski definition) is 1. The number of aliphatic hydroxyl groups excluding tert-OH is 1. The zero-order valence-electron chi connectivity index (χ0n) is 8.62. The van der Waals surface area contributed by atoms with Crippen LogP contribution in [0.25, 0.3) is 6.08 Å². The number of aryl methyl sites for hydroxylation is 1. The van der Waals surface area contributed by atoms with E-state index in [9.17, 15) is 18.3 Å². The van der Waals surface area contributed by atoms with Crippen LogP contribution in [0.5, 0.6) is 0 Å². The average Bonchev–Trinajstić information content (AvgIpc) is 2.15. The molecule has 0 saturated heterocycles. The molecule has 1 aromatic rings. The SMILES string of the molecule is Cc1cccc2c1C=CC(O)C2C(F)(F)F. The highest BCUT2D eigenvalue weighted by Crippen LogP contribution is 2.42. The van der Waals surface area contributed by atoms with E-state index < -0.39 is 18.2 Å². The van der Waals surface area contributed by atoms with Crippen molar-refractivity contribution in [2.24, 2.45) is 0 Å². The predicted molar refractivity (Wildman–Crippen MR) is 55.0 cm³/mol. The fraction of sp³-hybridized carbons (Fsp3) is 0.333. The molecule has 1 nitrogen and oxygen atoms in total. The van der Waals surface area contributed by atoms with Crippen LogP contribution in [0.2, 0.25) is 0 Å². The molecule has 0 heterocycles. The molecular formula is C12H11F3O. The number of halogens is 3. The third-order valence-electron chi connectivity index (χ3n) is 2.85. The predicted octanol–water partition coefficient (Wildman–Crippen LogP) is 3.03. The Kier molecular flexibility index (Phi) is 2.54. The molecule has 0 radical (unpaired) electrons. The van der Waals surface area contributed by atoms with Gasteiger partial charge < -0.3 is 5.11 Å². The van der Waals surface area contributed by atoms with Gasteiger partial charge in [0.15, 0.2) is 0 Å². The van der Waals surface area contributed by atoms with Crippen molar-refractivity contribution in [3.63, 3.8) is 0 Å². The van der Waals surface area contributed by atoms with Crippen molar-refractivity contribution >= 4 is 6.08 Å². The van der Waals surface area contributed by atoms with Crippen molar-refractivity contribution in [1.82, 2.24) is 0 Å². The van der Waals surface area contributed by atoms with E-state index in [1.165, 1.54) is 12.1 Å². The molecule has 0 bridgehead atoms. The normalized spacial score (nSPS) is 24.3. The Bertz CT molecular complexity index is 434. The molecule has 86 valence electrons. The number of fused-ring (bicyclic) bond motifs is 1. The van der Waals surface area contributed by atoms with Gasteiger partial charge in [-0.25, -0.2) is 0 Å². The lowest BCUT2D eigenvalue weighted by Gasteiger charge is -2.29. The van der Waals surface area contributed by atoms with Crippen LogP contribution in [0, 0.1) is 6.92 Å². The Balaban J connectivity index is 2.59. The van der Waals surface area contributed by atoms with Crippen molar-refractivity contribution in [2.45, 2.75) is 25.1 Å². The van der Waals surface area contributed by atoms with Gasteiger partial charge in [-0.1, -0.05) is 30.4 Å². The summed E-state index contributed by atoms with van der Waals surface area (Å²) in [6.45, 7) is 1.76. The van der Waals surface area contributed by atoms with Gasteiger partial charge in [-0.2, -0.15) is 13.2 Å².